The highest BCUT2D eigenvalue weighted by Gasteiger charge is 2.44. The summed E-state index contributed by atoms with van der Waals surface area (Å²) in [5.41, 5.74) is 0.935. The standard InChI is InChI=1S/C40H57N5O9S/c1-23(2)31(45(9)37(49)33(24(3)4)43-35(48)30-17-13-14-18-44(30)8)21-32(52-25(5)46)36-42-29(22-55-36)34(47)41-27(19-26-15-11-10-12-16-26)20-28-38(50)53-40(6,7)54-39(28)51/h10-12,15-16,22-24,27-28,30-33H,13-14,17-21H2,1-9H3,(H,41,47)(H,43,48)/t27-,30+,31+,32+,33-/m0/s1. The molecule has 15 heteroatoms. The van der Waals surface area contributed by atoms with Gasteiger partial charge in [-0.2, -0.15) is 0 Å². The van der Waals surface area contributed by atoms with Crippen LogP contribution >= 0.6 is 11.3 Å². The number of hydrogen-bond donors (Lipinski definition) is 2. The largest absolute Gasteiger partial charge is 0.455 e. The van der Waals surface area contributed by atoms with Gasteiger partial charge in [-0.3, -0.25) is 33.7 Å². The van der Waals surface area contributed by atoms with E-state index in [1.807, 2.05) is 70.0 Å². The van der Waals surface area contributed by atoms with E-state index >= 15 is 0 Å². The molecule has 3 amide bonds. The number of piperidine rings is 1. The monoisotopic (exact) mass is 783 g/mol. The first-order valence-electron chi connectivity index (χ1n) is 19.1. The first kappa shape index (κ1) is 43.4. The zero-order valence-electron chi connectivity index (χ0n) is 33.5. The van der Waals surface area contributed by atoms with Crippen LogP contribution in [0.15, 0.2) is 35.7 Å². The zero-order chi connectivity index (χ0) is 40.6. The molecule has 0 spiro atoms. The second-order valence-electron chi connectivity index (χ2n) is 15.8. The molecular formula is C40H57N5O9S. The number of aromatic nitrogens is 1. The van der Waals surface area contributed by atoms with Crippen molar-refractivity contribution in [3.8, 4) is 0 Å². The van der Waals surface area contributed by atoms with Crippen LogP contribution in [0.25, 0.3) is 0 Å². The van der Waals surface area contributed by atoms with Crippen LogP contribution in [0.2, 0.25) is 0 Å². The van der Waals surface area contributed by atoms with Crippen molar-refractivity contribution in [2.24, 2.45) is 17.8 Å². The van der Waals surface area contributed by atoms with Gasteiger partial charge in [0.1, 0.15) is 16.7 Å². The number of carbonyl (C=O) groups is 6. The Labute approximate surface area is 328 Å². The van der Waals surface area contributed by atoms with Crippen molar-refractivity contribution in [3.63, 3.8) is 0 Å². The van der Waals surface area contributed by atoms with E-state index in [1.165, 1.54) is 20.8 Å². The van der Waals surface area contributed by atoms with Crippen LogP contribution in [0.5, 0.6) is 0 Å². The van der Waals surface area contributed by atoms with Gasteiger partial charge in [0.2, 0.25) is 11.8 Å². The highest BCUT2D eigenvalue weighted by atomic mass is 32.1. The SMILES string of the molecule is CC(=O)O[C@H](C[C@H](C(C)C)N(C)C(=O)[C@@H](NC(=O)[C@H]1CCCCN1C)C(C)C)c1nc(C(=O)N[C@@H](Cc2ccccc2)CC2C(=O)OC(C)(C)OC2=O)cs1. The number of hydrogen-bond acceptors (Lipinski definition) is 12. The van der Waals surface area contributed by atoms with Crippen molar-refractivity contribution in [3.05, 3.63) is 52.0 Å². The lowest BCUT2D eigenvalue weighted by atomic mass is 9.94. The van der Waals surface area contributed by atoms with Crippen molar-refractivity contribution in [2.45, 2.75) is 123 Å². The van der Waals surface area contributed by atoms with Gasteiger partial charge >= 0.3 is 17.9 Å². The van der Waals surface area contributed by atoms with Gasteiger partial charge in [0.15, 0.2) is 12.0 Å². The number of cyclic esters (lactones) is 2. The first-order valence-corrected chi connectivity index (χ1v) is 19.9. The molecule has 302 valence electrons. The summed E-state index contributed by atoms with van der Waals surface area (Å²) in [7, 11) is 3.62. The number of likely N-dealkylation sites (tertiary alicyclic amines) is 1. The Hall–Kier alpha value is -4.37. The van der Waals surface area contributed by atoms with Crippen LogP contribution < -0.4 is 10.6 Å². The molecule has 1 aromatic heterocycles. The van der Waals surface area contributed by atoms with E-state index in [-0.39, 0.29) is 48.2 Å². The van der Waals surface area contributed by atoms with Gasteiger partial charge in [-0.15, -0.1) is 11.3 Å². The molecule has 55 heavy (non-hydrogen) atoms. The summed E-state index contributed by atoms with van der Waals surface area (Å²) in [6.07, 6.45) is 2.28. The number of thiazole rings is 1. The molecule has 14 nitrogen and oxygen atoms in total. The van der Waals surface area contributed by atoms with Crippen molar-refractivity contribution >= 4 is 47.0 Å². The average molecular weight is 784 g/mol. The number of carbonyl (C=O) groups excluding carboxylic acids is 6. The number of benzene rings is 1. The topological polar surface area (TPSA) is 174 Å². The lowest BCUT2D eigenvalue weighted by Gasteiger charge is -2.37. The van der Waals surface area contributed by atoms with E-state index in [2.05, 4.69) is 15.6 Å². The molecule has 2 N–H and O–H groups in total. The second kappa shape index (κ2) is 19.0. The molecular weight excluding hydrogens is 727 g/mol. The molecule has 2 saturated heterocycles. The molecule has 0 aliphatic carbocycles. The molecule has 0 saturated carbocycles. The van der Waals surface area contributed by atoms with Gasteiger partial charge in [-0.05, 0) is 56.7 Å². The number of rotatable bonds is 16. The Balaban J connectivity index is 1.51. The molecule has 5 atom stereocenters. The van der Waals surface area contributed by atoms with Crippen molar-refractivity contribution < 1.29 is 43.0 Å². The van der Waals surface area contributed by atoms with Gasteiger partial charge in [0.05, 0.1) is 6.04 Å². The molecule has 2 aliphatic heterocycles. The predicted octanol–water partition coefficient (Wildman–Crippen LogP) is 4.43. The number of amides is 3. The summed E-state index contributed by atoms with van der Waals surface area (Å²) < 4.78 is 16.4. The zero-order valence-corrected chi connectivity index (χ0v) is 34.3. The summed E-state index contributed by atoms with van der Waals surface area (Å²) in [4.78, 5) is 87.4. The molecule has 2 fully saturated rings. The summed E-state index contributed by atoms with van der Waals surface area (Å²) >= 11 is 1.14. The number of ether oxygens (including phenoxy) is 3. The van der Waals surface area contributed by atoms with E-state index in [1.54, 1.807) is 17.3 Å². The molecule has 0 radical (unpaired) electrons. The normalized spacial score (nSPS) is 19.8. The Kier molecular flexibility index (Phi) is 15.0. The van der Waals surface area contributed by atoms with E-state index < -0.39 is 59.7 Å². The maximum absolute atomic E-state index is 14.1. The predicted molar refractivity (Wildman–Crippen MR) is 205 cm³/mol. The van der Waals surface area contributed by atoms with E-state index in [0.717, 1.165) is 42.7 Å². The third-order valence-corrected chi connectivity index (χ3v) is 11.1. The maximum Gasteiger partial charge on any atom is 0.323 e. The number of esters is 3. The van der Waals surface area contributed by atoms with Crippen LogP contribution in [0, 0.1) is 17.8 Å². The Morgan fingerprint density at radius 3 is 2.25 bits per heavy atom. The van der Waals surface area contributed by atoms with Gasteiger partial charge in [0.25, 0.3) is 11.7 Å². The number of nitrogens with one attached hydrogen (secondary N) is 2. The third kappa shape index (κ3) is 11.8. The van der Waals surface area contributed by atoms with Crippen LogP contribution in [0.1, 0.15) is 108 Å². The lowest BCUT2D eigenvalue weighted by molar-refractivity contribution is -0.240. The van der Waals surface area contributed by atoms with Crippen molar-refractivity contribution in [1.29, 1.82) is 0 Å². The minimum Gasteiger partial charge on any atom is -0.455 e. The smallest absolute Gasteiger partial charge is 0.323 e. The summed E-state index contributed by atoms with van der Waals surface area (Å²) in [5, 5.41) is 7.88. The van der Waals surface area contributed by atoms with Gasteiger partial charge in [0, 0.05) is 51.7 Å². The minimum absolute atomic E-state index is 0.0611. The van der Waals surface area contributed by atoms with Crippen LogP contribution in [-0.2, 0) is 44.6 Å². The van der Waals surface area contributed by atoms with E-state index in [9.17, 15) is 28.8 Å². The Bertz CT molecular complexity index is 1660. The van der Waals surface area contributed by atoms with Crippen molar-refractivity contribution in [1.82, 2.24) is 25.4 Å². The maximum atomic E-state index is 14.1. The van der Waals surface area contributed by atoms with Gasteiger partial charge in [-0.25, -0.2) is 4.98 Å². The summed E-state index contributed by atoms with van der Waals surface area (Å²) in [6, 6.07) is 7.18. The fourth-order valence-electron chi connectivity index (χ4n) is 7.16. The molecule has 2 aliphatic rings. The lowest BCUT2D eigenvalue weighted by Crippen LogP contribution is -2.57. The van der Waals surface area contributed by atoms with Crippen LogP contribution in [-0.4, -0.2) is 101 Å². The highest BCUT2D eigenvalue weighted by molar-refractivity contribution is 7.09. The second-order valence-corrected chi connectivity index (χ2v) is 16.7. The molecule has 2 aromatic rings. The van der Waals surface area contributed by atoms with E-state index in [4.69, 9.17) is 14.2 Å². The van der Waals surface area contributed by atoms with Gasteiger partial charge in [-0.1, -0.05) is 64.4 Å². The van der Waals surface area contributed by atoms with Crippen LogP contribution in [0.4, 0.5) is 0 Å². The average Bonchev–Trinajstić information content (AvgIpc) is 3.60. The highest BCUT2D eigenvalue weighted by Crippen LogP contribution is 2.32. The molecule has 3 heterocycles. The fraction of sp³-hybridized carbons (Fsp3) is 0.625. The molecule has 0 bridgehead atoms. The van der Waals surface area contributed by atoms with E-state index in [0.29, 0.717) is 11.4 Å². The van der Waals surface area contributed by atoms with Gasteiger partial charge < -0.3 is 29.7 Å². The third-order valence-electron chi connectivity index (χ3n) is 10.2. The first-order chi connectivity index (χ1) is 25.9. The number of nitrogens with zero attached hydrogens (tertiary/aromatic N) is 3. The number of likely N-dealkylation sites (N-methyl/N-ethyl adjacent to an activating group) is 2. The van der Waals surface area contributed by atoms with Crippen LogP contribution in [0.3, 0.4) is 0 Å². The summed E-state index contributed by atoms with van der Waals surface area (Å²) in [5.74, 6) is -5.84. The molecule has 0 unspecified atom stereocenters. The fourth-order valence-corrected chi connectivity index (χ4v) is 8.00. The quantitative estimate of drug-likeness (QED) is 0.182. The van der Waals surface area contributed by atoms with Crippen molar-refractivity contribution in [2.75, 3.05) is 20.6 Å². The Morgan fingerprint density at radius 2 is 1.67 bits per heavy atom. The summed E-state index contributed by atoms with van der Waals surface area (Å²) in [6.45, 7) is 12.8. The molecule has 1 aromatic carbocycles. The minimum atomic E-state index is -1.38. The molecule has 4 rings (SSSR count). The Morgan fingerprint density at radius 1 is 1.02 bits per heavy atom.